The van der Waals surface area contributed by atoms with Crippen LogP contribution in [0.25, 0.3) is 0 Å². The molecule has 0 bridgehead atoms. The SMILES string of the molecule is CC(=O)Nc1ncc(C(C)N2CCC3(CC2)NC(O)N(Cc2ccc(C)nc2)C3=O)s1. The van der Waals surface area contributed by atoms with E-state index in [0.29, 0.717) is 24.5 Å². The van der Waals surface area contributed by atoms with Crippen molar-refractivity contribution in [1.29, 1.82) is 0 Å². The van der Waals surface area contributed by atoms with Gasteiger partial charge in [0.1, 0.15) is 5.54 Å². The Balaban J connectivity index is 1.39. The van der Waals surface area contributed by atoms with Crippen molar-refractivity contribution in [3.8, 4) is 0 Å². The number of aryl methyl sites for hydroxylation is 1. The Bertz CT molecular complexity index is 954. The average Bonchev–Trinajstić information content (AvgIpc) is 3.28. The zero-order chi connectivity index (χ0) is 22.2. The molecule has 1 spiro atoms. The number of likely N-dealkylation sites (tertiary alicyclic amines) is 1. The number of nitrogens with one attached hydrogen (secondary N) is 2. The van der Waals surface area contributed by atoms with Crippen LogP contribution < -0.4 is 10.6 Å². The number of carbonyl (C=O) groups is 2. The summed E-state index contributed by atoms with van der Waals surface area (Å²) in [6.45, 7) is 7.26. The molecule has 2 unspecified atom stereocenters. The average molecular weight is 445 g/mol. The first kappa shape index (κ1) is 21.8. The van der Waals surface area contributed by atoms with Gasteiger partial charge in [0, 0.05) is 49.0 Å². The van der Waals surface area contributed by atoms with Crippen molar-refractivity contribution in [2.24, 2.45) is 0 Å². The fourth-order valence-electron chi connectivity index (χ4n) is 4.24. The Morgan fingerprint density at radius 2 is 2.10 bits per heavy atom. The molecule has 0 aromatic carbocycles. The predicted octanol–water partition coefficient (Wildman–Crippen LogP) is 1.61. The number of aliphatic hydroxyl groups is 1. The van der Waals surface area contributed by atoms with E-state index in [1.54, 1.807) is 12.4 Å². The highest BCUT2D eigenvalue weighted by Crippen LogP contribution is 2.36. The molecule has 10 heteroatoms. The molecule has 0 aliphatic carbocycles. The third-order valence-electron chi connectivity index (χ3n) is 6.11. The second-order valence-corrected chi connectivity index (χ2v) is 9.36. The number of anilines is 1. The Labute approximate surface area is 185 Å². The smallest absolute Gasteiger partial charge is 0.246 e. The van der Waals surface area contributed by atoms with Crippen molar-refractivity contribution in [3.63, 3.8) is 0 Å². The van der Waals surface area contributed by atoms with E-state index in [1.165, 1.54) is 23.2 Å². The molecule has 2 amide bonds. The number of pyridine rings is 1. The molecular weight excluding hydrogens is 416 g/mol. The Morgan fingerprint density at radius 1 is 1.35 bits per heavy atom. The summed E-state index contributed by atoms with van der Waals surface area (Å²) in [4.78, 5) is 37.9. The molecule has 2 aromatic heterocycles. The molecule has 0 radical (unpaired) electrons. The molecule has 0 saturated carbocycles. The van der Waals surface area contributed by atoms with Crippen LogP contribution in [0.4, 0.5) is 5.13 Å². The van der Waals surface area contributed by atoms with Crippen molar-refractivity contribution < 1.29 is 14.7 Å². The maximum absolute atomic E-state index is 13.2. The lowest BCUT2D eigenvalue weighted by molar-refractivity contribution is -0.138. The minimum Gasteiger partial charge on any atom is -0.361 e. The maximum Gasteiger partial charge on any atom is 0.246 e. The molecule has 2 atom stereocenters. The number of thiazole rings is 1. The van der Waals surface area contributed by atoms with Crippen LogP contribution >= 0.6 is 11.3 Å². The van der Waals surface area contributed by atoms with Crippen molar-refractivity contribution >= 4 is 28.3 Å². The maximum atomic E-state index is 13.2. The fraction of sp³-hybridized carbons (Fsp3) is 0.524. The van der Waals surface area contributed by atoms with Gasteiger partial charge in [-0.05, 0) is 38.3 Å². The summed E-state index contributed by atoms with van der Waals surface area (Å²) in [5.74, 6) is -0.192. The zero-order valence-electron chi connectivity index (χ0n) is 18.0. The van der Waals surface area contributed by atoms with E-state index in [1.807, 2.05) is 19.1 Å². The second kappa shape index (κ2) is 8.62. The Morgan fingerprint density at radius 3 is 2.74 bits per heavy atom. The summed E-state index contributed by atoms with van der Waals surface area (Å²) >= 11 is 1.47. The van der Waals surface area contributed by atoms with Crippen LogP contribution in [-0.4, -0.2) is 61.7 Å². The predicted molar refractivity (Wildman–Crippen MR) is 117 cm³/mol. The van der Waals surface area contributed by atoms with E-state index >= 15 is 0 Å². The van der Waals surface area contributed by atoms with Crippen LogP contribution in [0.3, 0.4) is 0 Å². The number of hydrogen-bond donors (Lipinski definition) is 3. The van der Waals surface area contributed by atoms with Gasteiger partial charge in [0.25, 0.3) is 0 Å². The minimum absolute atomic E-state index is 0.0568. The van der Waals surface area contributed by atoms with Gasteiger partial charge in [0.2, 0.25) is 11.8 Å². The molecule has 2 saturated heterocycles. The Hall–Kier alpha value is -2.40. The fourth-order valence-corrected chi connectivity index (χ4v) is 5.19. The zero-order valence-corrected chi connectivity index (χ0v) is 18.8. The lowest BCUT2D eigenvalue weighted by Crippen LogP contribution is -2.55. The highest BCUT2D eigenvalue weighted by molar-refractivity contribution is 7.15. The van der Waals surface area contributed by atoms with E-state index in [2.05, 4.69) is 32.4 Å². The first-order chi connectivity index (χ1) is 14.8. The highest BCUT2D eigenvalue weighted by atomic mass is 32.1. The van der Waals surface area contributed by atoms with E-state index in [-0.39, 0.29) is 17.9 Å². The van der Waals surface area contributed by atoms with Crippen molar-refractivity contribution in [2.45, 2.75) is 58.1 Å². The molecule has 2 fully saturated rings. The van der Waals surface area contributed by atoms with E-state index in [9.17, 15) is 14.7 Å². The van der Waals surface area contributed by atoms with Crippen LogP contribution in [0.2, 0.25) is 0 Å². The summed E-state index contributed by atoms with van der Waals surface area (Å²) in [6.07, 6.45) is 3.78. The van der Waals surface area contributed by atoms with Gasteiger partial charge >= 0.3 is 0 Å². The molecule has 2 aliphatic heterocycles. The van der Waals surface area contributed by atoms with E-state index in [0.717, 1.165) is 29.2 Å². The summed E-state index contributed by atoms with van der Waals surface area (Å²) in [5, 5.41) is 17.0. The highest BCUT2D eigenvalue weighted by Gasteiger charge is 2.52. The van der Waals surface area contributed by atoms with Gasteiger partial charge in [-0.2, -0.15) is 0 Å². The summed E-state index contributed by atoms with van der Waals surface area (Å²) in [6, 6.07) is 3.97. The molecule has 166 valence electrons. The van der Waals surface area contributed by atoms with Gasteiger partial charge in [-0.25, -0.2) is 4.98 Å². The van der Waals surface area contributed by atoms with Crippen molar-refractivity contribution in [1.82, 2.24) is 25.1 Å². The largest absolute Gasteiger partial charge is 0.361 e. The van der Waals surface area contributed by atoms with E-state index < -0.39 is 11.9 Å². The minimum atomic E-state index is -1.00. The first-order valence-corrected chi connectivity index (χ1v) is 11.2. The number of rotatable bonds is 5. The van der Waals surface area contributed by atoms with Crippen LogP contribution in [0.15, 0.2) is 24.5 Å². The molecule has 9 nitrogen and oxygen atoms in total. The second-order valence-electron chi connectivity index (χ2n) is 8.30. The monoisotopic (exact) mass is 444 g/mol. The van der Waals surface area contributed by atoms with Gasteiger partial charge in [0.15, 0.2) is 11.5 Å². The molecule has 4 heterocycles. The van der Waals surface area contributed by atoms with Gasteiger partial charge in [-0.15, -0.1) is 11.3 Å². The molecule has 2 aliphatic rings. The molecule has 2 aromatic rings. The topological polar surface area (TPSA) is 111 Å². The standard InChI is InChI=1S/C21H28N6O3S/c1-13-4-5-16(10-22-13)12-27-18(29)21(25-20(27)30)6-8-26(9-7-21)14(2)17-11-23-19(31-17)24-15(3)28/h4-5,10-11,14,20,25,30H,6-9,12H2,1-3H3,(H,23,24,28). The normalized spacial score (nSPS) is 22.1. The summed E-state index contributed by atoms with van der Waals surface area (Å²) < 4.78 is 0. The van der Waals surface area contributed by atoms with Crippen LogP contribution in [0.5, 0.6) is 0 Å². The van der Waals surface area contributed by atoms with Gasteiger partial charge in [-0.1, -0.05) is 6.07 Å². The number of aliphatic hydroxyl groups excluding tert-OH is 1. The van der Waals surface area contributed by atoms with Crippen molar-refractivity contribution in [3.05, 3.63) is 40.7 Å². The van der Waals surface area contributed by atoms with Crippen LogP contribution in [0.1, 0.15) is 48.9 Å². The quantitative estimate of drug-likeness (QED) is 0.643. The number of aromatic nitrogens is 2. The van der Waals surface area contributed by atoms with E-state index in [4.69, 9.17) is 0 Å². The third kappa shape index (κ3) is 4.47. The lowest BCUT2D eigenvalue weighted by Gasteiger charge is -2.40. The van der Waals surface area contributed by atoms with Gasteiger partial charge in [0.05, 0.1) is 6.54 Å². The number of amides is 2. The lowest BCUT2D eigenvalue weighted by atomic mass is 9.87. The van der Waals surface area contributed by atoms with Crippen LogP contribution in [0, 0.1) is 6.92 Å². The molecule has 31 heavy (non-hydrogen) atoms. The van der Waals surface area contributed by atoms with Crippen LogP contribution in [-0.2, 0) is 16.1 Å². The van der Waals surface area contributed by atoms with Gasteiger partial charge < -0.3 is 10.4 Å². The molecule has 3 N–H and O–H groups in total. The number of hydrogen-bond acceptors (Lipinski definition) is 8. The Kier molecular flexibility index (Phi) is 6.07. The number of carbonyl (C=O) groups excluding carboxylic acids is 2. The molecule has 4 rings (SSSR count). The molecular formula is C21H28N6O3S. The first-order valence-electron chi connectivity index (χ1n) is 10.4. The summed E-state index contributed by atoms with van der Waals surface area (Å²) in [5.41, 5.74) is 1.07. The number of nitrogens with zero attached hydrogens (tertiary/aromatic N) is 4. The van der Waals surface area contributed by atoms with Crippen molar-refractivity contribution in [2.75, 3.05) is 18.4 Å². The third-order valence-corrected chi connectivity index (χ3v) is 7.20. The number of piperidine rings is 1. The van der Waals surface area contributed by atoms with Gasteiger partial charge in [-0.3, -0.25) is 29.7 Å². The summed E-state index contributed by atoms with van der Waals surface area (Å²) in [7, 11) is 0.